The van der Waals surface area contributed by atoms with E-state index in [0.29, 0.717) is 12.8 Å². The average Bonchev–Trinajstić information content (AvgIpc) is 0.749. The van der Waals surface area contributed by atoms with Crippen molar-refractivity contribution >= 4 is 35.3 Å². The largest absolute Gasteiger partial charge is 0.472 e. The lowest BCUT2D eigenvalue weighted by Gasteiger charge is -2.51. The average molecular weight is 2110 g/mol. The van der Waals surface area contributed by atoms with Crippen LogP contribution in [0.25, 0.3) is 0 Å². The highest BCUT2D eigenvalue weighted by Gasteiger charge is 2.61. The maximum absolute atomic E-state index is 14.3. The first kappa shape index (κ1) is 126. The minimum Gasteiger partial charge on any atom is -0.457 e. The molecule has 6 saturated heterocycles. The molecule has 1 amide bonds. The van der Waals surface area contributed by atoms with E-state index in [1.54, 1.807) is 0 Å². The highest BCUT2D eigenvalue weighted by atomic mass is 31.2. The lowest BCUT2D eigenvalue weighted by atomic mass is 9.84. The SMILES string of the molecule is CCCCCCCCCCCCCCCCCCOC[C@@H](COP(=O)(O)O[C@@H]1[C@H](O)[C@H](O)[C@@H](O)[C@H](O)[C@H]1O[C@H]1O[C@H](CO)[C@@H](O[C@H]2O[C@H](CO[C@H]3O[C@H](CO)[C@@H](O)[C@H](O)[C@@H]3O[C@H]3O[C@H](COP(=O)(O)OCCN)[C@@H](O)[C@H](O)[C@@H]3O[C@H]3O[C@H](CO)[C@@H](O)[C@H](O)[C@@H]3O)[C@@H](O[C@@H]3O[C@H](CO)[C@H](O)[C@H](O)[C@H]3NC(C)=O)[C@H](O)[C@@H]2OP(=O)(O)OCCN)[C@H](O)[C@H]1N)OC(=O)CCCCCCCCCCCCCCCCC. The molecule has 1 saturated carbocycles. The molecule has 51 nitrogen and oxygen atoms in total. The minimum absolute atomic E-state index is 0.0217. The molecule has 40 atom stereocenters. The molecule has 29 N–H and O–H groups in total. The van der Waals surface area contributed by atoms with E-state index in [2.05, 4.69) is 19.2 Å². The van der Waals surface area contributed by atoms with Crippen LogP contribution in [0.1, 0.15) is 226 Å². The number of amides is 1. The third-order valence-electron chi connectivity index (χ3n) is 25.8. The highest BCUT2D eigenvalue weighted by molar-refractivity contribution is 7.48. The van der Waals surface area contributed by atoms with E-state index < -0.39 is 328 Å². The van der Waals surface area contributed by atoms with Gasteiger partial charge in [0.2, 0.25) is 5.91 Å². The van der Waals surface area contributed by atoms with Gasteiger partial charge in [0.25, 0.3) is 0 Å². The Balaban J connectivity index is 1.14. The van der Waals surface area contributed by atoms with Crippen molar-refractivity contribution in [3.63, 3.8) is 0 Å². The van der Waals surface area contributed by atoms with E-state index in [1.807, 2.05) is 0 Å². The van der Waals surface area contributed by atoms with E-state index in [4.69, 9.17) is 111 Å². The number of carbonyl (C=O) groups excluding carboxylic acids is 2. The number of nitrogens with one attached hydrogen (secondary N) is 1. The summed E-state index contributed by atoms with van der Waals surface area (Å²) in [5, 5.41) is 218. The monoisotopic (exact) mass is 2110 g/mol. The summed E-state index contributed by atoms with van der Waals surface area (Å²) in [7, 11) is -16.4. The fourth-order valence-corrected chi connectivity index (χ4v) is 20.3. The molecule has 0 spiro atoms. The molecular weight excluding hydrogens is 1950 g/mol. The Kier molecular flexibility index (Phi) is 58.3. The lowest BCUT2D eigenvalue weighted by molar-refractivity contribution is -0.398. The number of rotatable bonds is 70. The van der Waals surface area contributed by atoms with E-state index in [-0.39, 0.29) is 26.2 Å². The molecule has 6 aliphatic heterocycles. The Morgan fingerprint density at radius 1 is 0.333 bits per heavy atom. The van der Waals surface area contributed by atoms with Gasteiger partial charge in [0, 0.05) is 33.0 Å². The van der Waals surface area contributed by atoms with Gasteiger partial charge in [-0.15, -0.1) is 0 Å². The molecular formula is C87H165N4O47P3. The lowest BCUT2D eigenvalue weighted by Crippen LogP contribution is -2.70. The summed E-state index contributed by atoms with van der Waals surface area (Å²) in [6.45, 7) is -4.92. The normalized spacial score (nSPS) is 37.0. The quantitative estimate of drug-likeness (QED) is 0.0164. The molecule has 0 aromatic rings. The van der Waals surface area contributed by atoms with Crippen LogP contribution < -0.4 is 22.5 Å². The van der Waals surface area contributed by atoms with Gasteiger partial charge in [0.05, 0.1) is 72.1 Å². The fraction of sp³-hybridized carbons (Fsp3) is 0.977. The van der Waals surface area contributed by atoms with Gasteiger partial charge in [-0.05, 0) is 12.8 Å². The zero-order valence-corrected chi connectivity index (χ0v) is 83.5. The van der Waals surface area contributed by atoms with Crippen molar-refractivity contribution in [2.75, 3.05) is 85.8 Å². The van der Waals surface area contributed by atoms with Crippen LogP contribution in [0.2, 0.25) is 0 Å². The van der Waals surface area contributed by atoms with Crippen molar-refractivity contribution in [1.82, 2.24) is 5.32 Å². The predicted molar refractivity (Wildman–Crippen MR) is 487 cm³/mol. The van der Waals surface area contributed by atoms with Crippen LogP contribution in [0.4, 0.5) is 0 Å². The zero-order chi connectivity index (χ0) is 104. The van der Waals surface area contributed by atoms with Crippen LogP contribution in [0.3, 0.4) is 0 Å². The summed E-state index contributed by atoms with van der Waals surface area (Å²) in [5.41, 5.74) is 17.7. The number of phosphoric acid groups is 3. The Morgan fingerprint density at radius 2 is 0.702 bits per heavy atom. The molecule has 7 rings (SSSR count). The number of nitrogens with two attached hydrogens (primary N) is 3. The number of ether oxygens (including phenoxy) is 14. The van der Waals surface area contributed by atoms with Crippen LogP contribution in [-0.2, 0) is 117 Å². The predicted octanol–water partition coefficient (Wildman–Crippen LogP) is -2.99. The summed E-state index contributed by atoms with van der Waals surface area (Å²) < 4.78 is 157. The number of phosphoric ester groups is 3. The maximum atomic E-state index is 14.3. The Labute approximate surface area is 821 Å². The van der Waals surface area contributed by atoms with Gasteiger partial charge < -0.3 is 201 Å². The van der Waals surface area contributed by atoms with E-state index >= 15 is 0 Å². The number of hydrogen-bond acceptors (Lipinski definition) is 47. The molecule has 54 heteroatoms. The smallest absolute Gasteiger partial charge is 0.457 e. The van der Waals surface area contributed by atoms with Crippen LogP contribution >= 0.6 is 23.5 Å². The van der Waals surface area contributed by atoms with Gasteiger partial charge in [0.1, 0.15) is 183 Å². The first-order chi connectivity index (χ1) is 67.3. The maximum Gasteiger partial charge on any atom is 0.472 e. The summed E-state index contributed by atoms with van der Waals surface area (Å²) in [6.07, 6.45) is -44.4. The molecule has 7 aliphatic rings. The number of hydrogen-bond donors (Lipinski definition) is 26. The van der Waals surface area contributed by atoms with Gasteiger partial charge in [-0.2, -0.15) is 0 Å². The zero-order valence-electron chi connectivity index (χ0n) is 80.8. The van der Waals surface area contributed by atoms with Crippen LogP contribution in [0.15, 0.2) is 0 Å². The molecule has 830 valence electrons. The second-order valence-electron chi connectivity index (χ2n) is 37.1. The Hall–Kier alpha value is -2.13. The number of carbonyl (C=O) groups is 2. The number of esters is 1. The number of aliphatic hydroxyl groups is 19. The van der Waals surface area contributed by atoms with E-state index in [1.165, 1.54) is 116 Å². The Bertz CT molecular complexity index is 3550. The summed E-state index contributed by atoms with van der Waals surface area (Å²) in [6, 6.07) is -4.06. The Morgan fingerprint density at radius 3 is 1.21 bits per heavy atom. The van der Waals surface area contributed by atoms with Crippen LogP contribution in [-0.4, -0.2) is 436 Å². The van der Waals surface area contributed by atoms with Crippen molar-refractivity contribution in [1.29, 1.82) is 0 Å². The van der Waals surface area contributed by atoms with Crippen molar-refractivity contribution in [2.24, 2.45) is 17.2 Å². The van der Waals surface area contributed by atoms with E-state index in [0.717, 1.165) is 77.6 Å². The van der Waals surface area contributed by atoms with Gasteiger partial charge in [-0.3, -0.25) is 36.7 Å². The second kappa shape index (κ2) is 65.3. The summed E-state index contributed by atoms with van der Waals surface area (Å²) >= 11 is 0. The standard InChI is InChI=1S/C87H165N4O47P3/c1-4-6-8-10-12-14-16-18-20-22-24-26-28-30-32-34-38-119-45-50(125-57(97)35-33-31-29-27-25-23-21-19-17-15-13-11-9-7-5-2)46-123-141(117,118)137-78-72(110)68(106)67(105)71(109)77(78)134-82-58(90)64(102)75(54(44-95)129-82)133-87-81(138-140(115,116)122-40-37-89)74(112)76(132-83-59(91-49(3)96)65(103)60(98)51(41-92)126-83)56(131-87)47-120-85-79(69(107)62(100)53(43-94)128-85)136-86-80(135-84-73(111)66(104)61(99)52(42-93)127-84)70(108)63(101)55(130-86)48-124-139(113,114)121-39-36-88/h50-56,58-87,92-95,98-112H,4-48,88-90H2,1-3H3,(H,91,96)(H,113,114)(H,115,116)(H,117,118)/t50-,51+,52+,53+,54+,55+,56+,58+,59+,60-,61+,62+,63+,64+,65+,66-,67+,68+,69-,70-,71-,72+,73-,74-,75+,76+,77+,78+,79-,80-,81-,82+,83-,84+,85-,86+,87+/m0/s1. The third kappa shape index (κ3) is 40.1. The topological polar surface area (TPSA) is 805 Å². The minimum atomic E-state index is -5.68. The van der Waals surface area contributed by atoms with Gasteiger partial charge in [0.15, 0.2) is 37.7 Å². The number of unbranched alkanes of at least 4 members (excludes halogenated alkanes) is 29. The second-order valence-corrected chi connectivity index (χ2v) is 41.3. The van der Waals surface area contributed by atoms with Gasteiger partial charge >= 0.3 is 29.4 Å². The molecule has 0 aromatic carbocycles. The van der Waals surface area contributed by atoms with Gasteiger partial charge in [-0.25, -0.2) is 13.7 Å². The van der Waals surface area contributed by atoms with Crippen molar-refractivity contribution in [3.05, 3.63) is 0 Å². The molecule has 0 bridgehead atoms. The van der Waals surface area contributed by atoms with Crippen LogP contribution in [0.5, 0.6) is 0 Å². The first-order valence-corrected chi connectivity index (χ1v) is 54.4. The molecule has 6 heterocycles. The highest BCUT2D eigenvalue weighted by Crippen LogP contribution is 2.51. The van der Waals surface area contributed by atoms with Crippen molar-refractivity contribution in [3.8, 4) is 0 Å². The first-order valence-electron chi connectivity index (χ1n) is 49.9. The fourth-order valence-electron chi connectivity index (χ4n) is 17.7. The van der Waals surface area contributed by atoms with Gasteiger partial charge in [-0.1, -0.05) is 200 Å². The molecule has 0 radical (unpaired) electrons. The van der Waals surface area contributed by atoms with Crippen molar-refractivity contribution in [2.45, 2.75) is 453 Å². The van der Waals surface area contributed by atoms with Crippen LogP contribution in [0, 0.1) is 0 Å². The molecule has 3 unspecified atom stereocenters. The molecule has 0 aromatic heterocycles. The summed E-state index contributed by atoms with van der Waals surface area (Å²) in [4.78, 5) is 59.7. The molecule has 1 aliphatic carbocycles. The number of aliphatic hydroxyl groups excluding tert-OH is 19. The molecule has 141 heavy (non-hydrogen) atoms. The third-order valence-corrected chi connectivity index (χ3v) is 28.8. The van der Waals surface area contributed by atoms with E-state index in [9.17, 15) is 135 Å². The molecule has 7 fully saturated rings. The summed E-state index contributed by atoms with van der Waals surface area (Å²) in [5.74, 6) is -1.62. The van der Waals surface area contributed by atoms with Crippen molar-refractivity contribution < 1.29 is 228 Å².